The lowest BCUT2D eigenvalue weighted by atomic mass is 9.66. The highest BCUT2D eigenvalue weighted by atomic mass is 16.5. The Morgan fingerprint density at radius 2 is 1.52 bits per heavy atom. The van der Waals surface area contributed by atoms with E-state index in [9.17, 15) is 24.6 Å². The molecular formula is C17H28O6. The van der Waals surface area contributed by atoms with Gasteiger partial charge >= 0.3 is 17.9 Å². The SMILES string of the molecule is CCCCCCOC(=O)C1CC(C(=O)O)C(CC)C(C(=O)O)C1. The minimum absolute atomic E-state index is 0.172. The number of hydrogen-bond acceptors (Lipinski definition) is 4. The van der Waals surface area contributed by atoms with E-state index in [4.69, 9.17) is 4.74 Å². The molecule has 1 saturated carbocycles. The first-order valence-corrected chi connectivity index (χ1v) is 8.54. The Morgan fingerprint density at radius 1 is 0.957 bits per heavy atom. The van der Waals surface area contributed by atoms with Gasteiger partial charge in [0.25, 0.3) is 0 Å². The van der Waals surface area contributed by atoms with E-state index < -0.39 is 41.6 Å². The fourth-order valence-electron chi connectivity index (χ4n) is 3.49. The molecule has 1 aliphatic carbocycles. The highest BCUT2D eigenvalue weighted by molar-refractivity contribution is 5.79. The van der Waals surface area contributed by atoms with Crippen molar-refractivity contribution in [2.75, 3.05) is 6.61 Å². The topological polar surface area (TPSA) is 101 Å². The molecule has 0 aromatic carbocycles. The van der Waals surface area contributed by atoms with Crippen LogP contribution in [0.2, 0.25) is 0 Å². The number of carboxylic acid groups (broad SMARTS) is 2. The van der Waals surface area contributed by atoms with Crippen LogP contribution in [0, 0.1) is 23.7 Å². The van der Waals surface area contributed by atoms with Gasteiger partial charge in [0, 0.05) is 0 Å². The maximum Gasteiger partial charge on any atom is 0.308 e. The van der Waals surface area contributed by atoms with Gasteiger partial charge in [-0.05, 0) is 25.2 Å². The number of rotatable bonds is 9. The number of carbonyl (C=O) groups is 3. The molecule has 2 N–H and O–H groups in total. The molecule has 2 unspecified atom stereocenters. The van der Waals surface area contributed by atoms with Crippen molar-refractivity contribution in [3.8, 4) is 0 Å². The smallest absolute Gasteiger partial charge is 0.308 e. The van der Waals surface area contributed by atoms with Crippen molar-refractivity contribution in [1.29, 1.82) is 0 Å². The molecule has 6 nitrogen and oxygen atoms in total. The average molecular weight is 328 g/mol. The Hall–Kier alpha value is -1.59. The highest BCUT2D eigenvalue weighted by Crippen LogP contribution is 2.41. The molecule has 0 aromatic heterocycles. The van der Waals surface area contributed by atoms with Gasteiger partial charge in [0.1, 0.15) is 0 Å². The molecule has 6 heteroatoms. The summed E-state index contributed by atoms with van der Waals surface area (Å²) in [6.07, 6.45) is 4.77. The van der Waals surface area contributed by atoms with E-state index in [1.807, 2.05) is 0 Å². The molecule has 0 radical (unpaired) electrons. The predicted octanol–water partition coefficient (Wildman–Crippen LogP) is 2.95. The van der Waals surface area contributed by atoms with Crippen LogP contribution in [0.5, 0.6) is 0 Å². The molecule has 0 amide bonds. The minimum Gasteiger partial charge on any atom is -0.481 e. The molecule has 0 aromatic rings. The van der Waals surface area contributed by atoms with E-state index in [-0.39, 0.29) is 12.8 Å². The summed E-state index contributed by atoms with van der Waals surface area (Å²) in [6.45, 7) is 4.21. The third-order valence-electron chi connectivity index (χ3n) is 4.79. The Bertz CT molecular complexity index is 395. The van der Waals surface area contributed by atoms with Crippen LogP contribution in [0.1, 0.15) is 58.8 Å². The maximum atomic E-state index is 12.2. The molecule has 0 spiro atoms. The summed E-state index contributed by atoms with van der Waals surface area (Å²) in [5, 5.41) is 18.7. The Kier molecular flexibility index (Phi) is 8.06. The zero-order valence-corrected chi connectivity index (χ0v) is 14.0. The van der Waals surface area contributed by atoms with E-state index in [2.05, 4.69) is 6.92 Å². The van der Waals surface area contributed by atoms with Gasteiger partial charge in [-0.2, -0.15) is 0 Å². The van der Waals surface area contributed by atoms with Crippen molar-refractivity contribution in [1.82, 2.24) is 0 Å². The number of ether oxygens (including phenoxy) is 1. The van der Waals surface area contributed by atoms with E-state index in [1.165, 1.54) is 0 Å². The molecule has 0 heterocycles. The summed E-state index contributed by atoms with van der Waals surface area (Å²) >= 11 is 0. The van der Waals surface area contributed by atoms with Crippen molar-refractivity contribution in [3.05, 3.63) is 0 Å². The van der Waals surface area contributed by atoms with Crippen LogP contribution in [0.4, 0.5) is 0 Å². The van der Waals surface area contributed by atoms with Crippen LogP contribution in [-0.2, 0) is 19.1 Å². The van der Waals surface area contributed by atoms with Gasteiger partial charge in [-0.25, -0.2) is 0 Å². The fourth-order valence-corrected chi connectivity index (χ4v) is 3.49. The molecule has 2 atom stereocenters. The van der Waals surface area contributed by atoms with E-state index in [0.717, 1.165) is 25.7 Å². The van der Waals surface area contributed by atoms with Crippen LogP contribution >= 0.6 is 0 Å². The standard InChI is InChI=1S/C17H28O6/c1-3-5-6-7-8-23-17(22)11-9-13(15(18)19)12(4-2)14(10-11)16(20)21/h11-14H,3-10H2,1-2H3,(H,18,19)(H,20,21). The van der Waals surface area contributed by atoms with Gasteiger partial charge in [-0.1, -0.05) is 39.5 Å². The molecule has 1 rings (SSSR count). The first-order chi connectivity index (χ1) is 10.9. The molecular weight excluding hydrogens is 300 g/mol. The van der Waals surface area contributed by atoms with Gasteiger partial charge < -0.3 is 14.9 Å². The van der Waals surface area contributed by atoms with Gasteiger partial charge in [0.2, 0.25) is 0 Å². The molecule has 0 bridgehead atoms. The van der Waals surface area contributed by atoms with Crippen LogP contribution in [0.25, 0.3) is 0 Å². The fraction of sp³-hybridized carbons (Fsp3) is 0.824. The first-order valence-electron chi connectivity index (χ1n) is 8.54. The predicted molar refractivity (Wildman–Crippen MR) is 83.9 cm³/mol. The molecule has 1 fully saturated rings. The summed E-state index contributed by atoms with van der Waals surface area (Å²) < 4.78 is 5.23. The van der Waals surface area contributed by atoms with Crippen LogP contribution in [0.3, 0.4) is 0 Å². The highest BCUT2D eigenvalue weighted by Gasteiger charge is 2.46. The van der Waals surface area contributed by atoms with Crippen molar-refractivity contribution < 1.29 is 29.3 Å². The van der Waals surface area contributed by atoms with Gasteiger partial charge in [-0.15, -0.1) is 0 Å². The van der Waals surface area contributed by atoms with Crippen LogP contribution in [0.15, 0.2) is 0 Å². The van der Waals surface area contributed by atoms with Crippen molar-refractivity contribution in [3.63, 3.8) is 0 Å². The second-order valence-electron chi connectivity index (χ2n) is 6.36. The molecule has 23 heavy (non-hydrogen) atoms. The number of hydrogen-bond donors (Lipinski definition) is 2. The van der Waals surface area contributed by atoms with E-state index >= 15 is 0 Å². The summed E-state index contributed by atoms with van der Waals surface area (Å²) in [5.74, 6) is -5.16. The molecule has 0 saturated heterocycles. The minimum atomic E-state index is -1.02. The van der Waals surface area contributed by atoms with E-state index in [0.29, 0.717) is 13.0 Å². The third kappa shape index (κ3) is 5.52. The van der Waals surface area contributed by atoms with Crippen LogP contribution < -0.4 is 0 Å². The number of carboxylic acids is 2. The lowest BCUT2D eigenvalue weighted by Gasteiger charge is -2.36. The summed E-state index contributed by atoms with van der Waals surface area (Å²) in [5.41, 5.74) is 0. The molecule has 1 aliphatic rings. The summed E-state index contributed by atoms with van der Waals surface area (Å²) in [7, 11) is 0. The first kappa shape index (κ1) is 19.5. The molecule has 0 aliphatic heterocycles. The second kappa shape index (κ2) is 9.53. The van der Waals surface area contributed by atoms with Crippen molar-refractivity contribution in [2.24, 2.45) is 23.7 Å². The van der Waals surface area contributed by atoms with Gasteiger partial charge in [0.05, 0.1) is 24.4 Å². The Morgan fingerprint density at radius 3 is 1.96 bits per heavy atom. The van der Waals surface area contributed by atoms with Gasteiger partial charge in [0.15, 0.2) is 0 Å². The van der Waals surface area contributed by atoms with Crippen LogP contribution in [-0.4, -0.2) is 34.7 Å². The summed E-state index contributed by atoms with van der Waals surface area (Å²) in [4.78, 5) is 35.0. The number of unbranched alkanes of at least 4 members (excludes halogenated alkanes) is 3. The zero-order chi connectivity index (χ0) is 17.4. The Balaban J connectivity index is 2.66. The zero-order valence-electron chi connectivity index (χ0n) is 14.0. The number of esters is 1. The second-order valence-corrected chi connectivity index (χ2v) is 6.36. The quantitative estimate of drug-likeness (QED) is 0.498. The maximum absolute atomic E-state index is 12.2. The monoisotopic (exact) mass is 328 g/mol. The Labute approximate surface area is 137 Å². The third-order valence-corrected chi connectivity index (χ3v) is 4.79. The largest absolute Gasteiger partial charge is 0.481 e. The normalized spacial score (nSPS) is 27.4. The van der Waals surface area contributed by atoms with Crippen molar-refractivity contribution >= 4 is 17.9 Å². The summed E-state index contributed by atoms with van der Waals surface area (Å²) in [6, 6.07) is 0. The number of aliphatic carboxylic acids is 2. The van der Waals surface area contributed by atoms with Crippen molar-refractivity contribution in [2.45, 2.75) is 58.8 Å². The lowest BCUT2D eigenvalue weighted by molar-refractivity contribution is -0.160. The van der Waals surface area contributed by atoms with Gasteiger partial charge in [-0.3, -0.25) is 14.4 Å². The molecule has 132 valence electrons. The van der Waals surface area contributed by atoms with E-state index in [1.54, 1.807) is 6.92 Å². The number of carbonyl (C=O) groups excluding carboxylic acids is 1. The average Bonchev–Trinajstić information content (AvgIpc) is 2.52. The lowest BCUT2D eigenvalue weighted by Crippen LogP contribution is -2.42.